The predicted octanol–water partition coefficient (Wildman–Crippen LogP) is 3.83. The van der Waals surface area contributed by atoms with Crippen LogP contribution in [0, 0.1) is 6.92 Å². The number of fused-ring (bicyclic) bond motifs is 1. The van der Waals surface area contributed by atoms with Gasteiger partial charge in [0.25, 0.3) is 5.56 Å². The fraction of sp³-hybridized carbons (Fsp3) is 0.174. The number of aromatic nitrogens is 3. The molecule has 0 radical (unpaired) electrons. The van der Waals surface area contributed by atoms with Gasteiger partial charge in [-0.05, 0) is 37.1 Å². The molecule has 146 valence electrons. The van der Waals surface area contributed by atoms with Crippen LogP contribution < -0.4 is 10.9 Å². The van der Waals surface area contributed by atoms with E-state index in [0.717, 1.165) is 22.4 Å². The van der Waals surface area contributed by atoms with Crippen LogP contribution in [-0.2, 0) is 17.9 Å². The highest BCUT2D eigenvalue weighted by atomic mass is 16.2. The van der Waals surface area contributed by atoms with E-state index in [1.807, 2.05) is 74.6 Å². The number of carbonyl (C=O) groups excluding carboxylic acids is 1. The summed E-state index contributed by atoms with van der Waals surface area (Å²) in [5.41, 5.74) is 4.49. The summed E-state index contributed by atoms with van der Waals surface area (Å²) in [6.07, 6.45) is 3.40. The van der Waals surface area contributed by atoms with Gasteiger partial charge in [-0.15, -0.1) is 0 Å². The van der Waals surface area contributed by atoms with Crippen molar-refractivity contribution < 1.29 is 4.79 Å². The summed E-state index contributed by atoms with van der Waals surface area (Å²) in [6.45, 7) is 4.41. The molecule has 2 heterocycles. The van der Waals surface area contributed by atoms with Gasteiger partial charge >= 0.3 is 0 Å². The van der Waals surface area contributed by atoms with Crippen LogP contribution in [-0.4, -0.2) is 20.0 Å². The van der Waals surface area contributed by atoms with Gasteiger partial charge in [0.2, 0.25) is 5.91 Å². The summed E-state index contributed by atoms with van der Waals surface area (Å²) in [7, 11) is 0. The van der Waals surface area contributed by atoms with Crippen LogP contribution in [0.15, 0.2) is 71.9 Å². The SMILES string of the molecule is CCn1cnc2c(-c3ccccc3)cn(CC(=O)Nc3cccc(C)c3)c2c1=O. The van der Waals surface area contributed by atoms with Crippen molar-refractivity contribution in [2.24, 2.45) is 0 Å². The summed E-state index contributed by atoms with van der Waals surface area (Å²) in [5.74, 6) is -0.196. The number of amides is 1. The van der Waals surface area contributed by atoms with Gasteiger partial charge in [-0.3, -0.25) is 14.2 Å². The Bertz CT molecular complexity index is 1240. The zero-order valence-corrected chi connectivity index (χ0v) is 16.4. The molecule has 0 saturated heterocycles. The molecule has 4 rings (SSSR count). The first kappa shape index (κ1) is 18.7. The van der Waals surface area contributed by atoms with Gasteiger partial charge in [-0.25, -0.2) is 4.98 Å². The van der Waals surface area contributed by atoms with Crippen LogP contribution in [0.5, 0.6) is 0 Å². The first-order valence-electron chi connectivity index (χ1n) is 9.57. The number of anilines is 1. The lowest BCUT2D eigenvalue weighted by Gasteiger charge is -2.08. The molecule has 29 heavy (non-hydrogen) atoms. The molecule has 0 aliphatic rings. The van der Waals surface area contributed by atoms with Crippen molar-refractivity contribution in [3.8, 4) is 11.1 Å². The molecule has 2 aromatic heterocycles. The molecule has 0 unspecified atom stereocenters. The number of nitrogens with zero attached hydrogens (tertiary/aromatic N) is 3. The van der Waals surface area contributed by atoms with Crippen LogP contribution >= 0.6 is 0 Å². The van der Waals surface area contributed by atoms with E-state index in [1.165, 1.54) is 0 Å². The molecule has 2 aromatic carbocycles. The third-order valence-electron chi connectivity index (χ3n) is 4.88. The smallest absolute Gasteiger partial charge is 0.277 e. The molecule has 1 amide bonds. The van der Waals surface area contributed by atoms with Crippen molar-refractivity contribution >= 4 is 22.6 Å². The molecule has 1 N–H and O–H groups in total. The van der Waals surface area contributed by atoms with Crippen molar-refractivity contribution in [2.45, 2.75) is 26.9 Å². The Kier molecular flexibility index (Phi) is 4.99. The predicted molar refractivity (Wildman–Crippen MR) is 115 cm³/mol. The van der Waals surface area contributed by atoms with Crippen molar-refractivity contribution in [3.63, 3.8) is 0 Å². The van der Waals surface area contributed by atoms with E-state index >= 15 is 0 Å². The zero-order valence-electron chi connectivity index (χ0n) is 16.4. The van der Waals surface area contributed by atoms with E-state index < -0.39 is 0 Å². The zero-order chi connectivity index (χ0) is 20.4. The Morgan fingerprint density at radius 3 is 2.59 bits per heavy atom. The van der Waals surface area contributed by atoms with Crippen LogP contribution in [0.3, 0.4) is 0 Å². The van der Waals surface area contributed by atoms with E-state index in [1.54, 1.807) is 15.5 Å². The molecule has 6 heteroatoms. The van der Waals surface area contributed by atoms with E-state index in [2.05, 4.69) is 10.3 Å². The molecule has 4 aromatic rings. The standard InChI is InChI=1S/C23H22N4O2/c1-3-26-15-24-21-19(17-9-5-4-6-10-17)13-27(22(21)23(26)29)14-20(28)25-18-11-7-8-16(2)12-18/h4-13,15H,3,14H2,1-2H3,(H,25,28). The highest BCUT2D eigenvalue weighted by molar-refractivity contribution is 5.95. The van der Waals surface area contributed by atoms with Crippen LogP contribution in [0.25, 0.3) is 22.2 Å². The maximum atomic E-state index is 13.0. The topological polar surface area (TPSA) is 68.9 Å². The number of hydrogen-bond acceptors (Lipinski definition) is 3. The second kappa shape index (κ2) is 7.75. The summed E-state index contributed by atoms with van der Waals surface area (Å²) in [4.78, 5) is 30.2. The molecular formula is C23H22N4O2. The van der Waals surface area contributed by atoms with Crippen LogP contribution in [0.1, 0.15) is 12.5 Å². The van der Waals surface area contributed by atoms with Crippen molar-refractivity contribution in [3.05, 3.63) is 83.0 Å². The third kappa shape index (κ3) is 3.69. The van der Waals surface area contributed by atoms with E-state index in [0.29, 0.717) is 17.6 Å². The number of hydrogen-bond donors (Lipinski definition) is 1. The number of rotatable bonds is 5. The Balaban J connectivity index is 1.77. The van der Waals surface area contributed by atoms with Crippen LogP contribution in [0.2, 0.25) is 0 Å². The third-order valence-corrected chi connectivity index (χ3v) is 4.88. The number of aryl methyl sites for hydroxylation is 2. The number of carbonyl (C=O) groups is 1. The first-order valence-corrected chi connectivity index (χ1v) is 9.57. The van der Waals surface area contributed by atoms with Gasteiger partial charge in [0.05, 0.1) is 6.33 Å². The van der Waals surface area contributed by atoms with Crippen molar-refractivity contribution in [1.82, 2.24) is 14.1 Å². The average molecular weight is 386 g/mol. The summed E-state index contributed by atoms with van der Waals surface area (Å²) < 4.78 is 3.25. The number of benzene rings is 2. The Morgan fingerprint density at radius 2 is 1.86 bits per heavy atom. The lowest BCUT2D eigenvalue weighted by atomic mass is 10.1. The van der Waals surface area contributed by atoms with Gasteiger partial charge in [-0.2, -0.15) is 0 Å². The summed E-state index contributed by atoms with van der Waals surface area (Å²) in [6, 6.07) is 17.4. The molecule has 0 spiro atoms. The first-order chi connectivity index (χ1) is 14.1. The number of nitrogens with one attached hydrogen (secondary N) is 1. The lowest BCUT2D eigenvalue weighted by molar-refractivity contribution is -0.116. The van der Waals surface area contributed by atoms with E-state index in [9.17, 15) is 9.59 Å². The minimum Gasteiger partial charge on any atom is -0.332 e. The average Bonchev–Trinajstić information content (AvgIpc) is 3.08. The van der Waals surface area contributed by atoms with Crippen molar-refractivity contribution in [1.29, 1.82) is 0 Å². The molecule has 0 saturated carbocycles. The molecule has 0 aliphatic heterocycles. The molecule has 6 nitrogen and oxygen atoms in total. The maximum Gasteiger partial charge on any atom is 0.277 e. The quantitative estimate of drug-likeness (QED) is 0.567. The van der Waals surface area contributed by atoms with E-state index in [4.69, 9.17) is 0 Å². The summed E-state index contributed by atoms with van der Waals surface area (Å²) >= 11 is 0. The van der Waals surface area contributed by atoms with Crippen molar-refractivity contribution in [2.75, 3.05) is 5.32 Å². The van der Waals surface area contributed by atoms with Gasteiger partial charge in [0, 0.05) is 24.0 Å². The Hall–Kier alpha value is -3.67. The van der Waals surface area contributed by atoms with Gasteiger partial charge < -0.3 is 9.88 Å². The Morgan fingerprint density at radius 1 is 1.07 bits per heavy atom. The molecule has 0 atom stereocenters. The highest BCUT2D eigenvalue weighted by Gasteiger charge is 2.17. The lowest BCUT2D eigenvalue weighted by Crippen LogP contribution is -2.24. The Labute approximate surface area is 168 Å². The van der Waals surface area contributed by atoms with Gasteiger partial charge in [0.1, 0.15) is 17.6 Å². The molecule has 0 aliphatic carbocycles. The maximum absolute atomic E-state index is 13.0. The normalized spacial score (nSPS) is 11.0. The van der Waals surface area contributed by atoms with Gasteiger partial charge in [0.15, 0.2) is 0 Å². The minimum atomic E-state index is -0.196. The minimum absolute atomic E-state index is 0.0297. The van der Waals surface area contributed by atoms with Gasteiger partial charge in [-0.1, -0.05) is 42.5 Å². The van der Waals surface area contributed by atoms with Crippen LogP contribution in [0.4, 0.5) is 5.69 Å². The molecular weight excluding hydrogens is 364 g/mol. The summed E-state index contributed by atoms with van der Waals surface area (Å²) in [5, 5.41) is 2.90. The molecule has 0 fully saturated rings. The fourth-order valence-corrected chi connectivity index (χ4v) is 3.47. The second-order valence-corrected chi connectivity index (χ2v) is 6.99. The molecule has 0 bridgehead atoms. The van der Waals surface area contributed by atoms with E-state index in [-0.39, 0.29) is 18.0 Å². The fourth-order valence-electron chi connectivity index (χ4n) is 3.47. The largest absolute Gasteiger partial charge is 0.332 e. The highest BCUT2D eigenvalue weighted by Crippen LogP contribution is 2.27. The monoisotopic (exact) mass is 386 g/mol. The second-order valence-electron chi connectivity index (χ2n) is 6.99.